The highest BCUT2D eigenvalue weighted by atomic mass is 16.5. The average molecular weight is 275 g/mol. The first kappa shape index (κ1) is 14.3. The number of nitrogens with one attached hydrogen (secondary N) is 1. The van der Waals surface area contributed by atoms with Gasteiger partial charge >= 0.3 is 5.97 Å². The second-order valence-electron chi connectivity index (χ2n) is 4.68. The third-order valence-corrected chi connectivity index (χ3v) is 3.06. The lowest BCUT2D eigenvalue weighted by atomic mass is 10.1. The smallest absolute Gasteiger partial charge is 0.328 e. The van der Waals surface area contributed by atoms with Crippen LogP contribution in [0.5, 0.6) is 0 Å². The van der Waals surface area contributed by atoms with Crippen LogP contribution in [-0.4, -0.2) is 36.2 Å². The molecule has 1 heterocycles. The lowest BCUT2D eigenvalue weighted by molar-refractivity contribution is -0.131. The number of carboxylic acids is 1. The van der Waals surface area contributed by atoms with Crippen molar-refractivity contribution in [3.63, 3.8) is 0 Å². The Morgan fingerprint density at radius 1 is 1.40 bits per heavy atom. The zero-order chi connectivity index (χ0) is 14.4. The molecule has 0 bridgehead atoms. The monoisotopic (exact) mass is 275 g/mol. The molecule has 20 heavy (non-hydrogen) atoms. The number of rotatable bonds is 4. The van der Waals surface area contributed by atoms with Gasteiger partial charge in [-0.2, -0.15) is 0 Å². The molecule has 0 saturated carbocycles. The third kappa shape index (κ3) is 4.20. The maximum Gasteiger partial charge on any atom is 0.328 e. The summed E-state index contributed by atoms with van der Waals surface area (Å²) in [5, 5.41) is 11.5. The van der Waals surface area contributed by atoms with Crippen molar-refractivity contribution in [2.45, 2.75) is 18.9 Å². The first-order valence-corrected chi connectivity index (χ1v) is 6.55. The van der Waals surface area contributed by atoms with Crippen LogP contribution < -0.4 is 5.32 Å². The quantitative estimate of drug-likeness (QED) is 0.820. The fourth-order valence-electron chi connectivity index (χ4n) is 2.07. The fraction of sp³-hybridized carbons (Fsp3) is 0.333. The van der Waals surface area contributed by atoms with Crippen molar-refractivity contribution in [1.29, 1.82) is 0 Å². The molecule has 1 aliphatic rings. The molecule has 1 amide bonds. The van der Waals surface area contributed by atoms with Gasteiger partial charge in [0.1, 0.15) is 0 Å². The summed E-state index contributed by atoms with van der Waals surface area (Å²) in [5.41, 5.74) is 1.20. The summed E-state index contributed by atoms with van der Waals surface area (Å²) in [6, 6.07) is 6.90. The molecule has 5 heteroatoms. The number of hydrogen-bond acceptors (Lipinski definition) is 3. The van der Waals surface area contributed by atoms with E-state index < -0.39 is 5.97 Å². The van der Waals surface area contributed by atoms with Gasteiger partial charge in [-0.25, -0.2) is 4.79 Å². The van der Waals surface area contributed by atoms with Crippen LogP contribution in [0.2, 0.25) is 0 Å². The topological polar surface area (TPSA) is 75.6 Å². The highest BCUT2D eigenvalue weighted by Crippen LogP contribution is 2.10. The van der Waals surface area contributed by atoms with Crippen molar-refractivity contribution in [3.8, 4) is 0 Å². The van der Waals surface area contributed by atoms with E-state index in [1.54, 1.807) is 24.3 Å². The van der Waals surface area contributed by atoms with Gasteiger partial charge in [-0.15, -0.1) is 0 Å². The Bertz CT molecular complexity index is 518. The van der Waals surface area contributed by atoms with E-state index in [1.807, 2.05) is 0 Å². The molecular weight excluding hydrogens is 258 g/mol. The molecule has 1 unspecified atom stereocenters. The Balaban J connectivity index is 2.02. The minimum Gasteiger partial charge on any atom is -0.478 e. The number of amides is 1. The lowest BCUT2D eigenvalue weighted by Gasteiger charge is -2.23. The number of benzene rings is 1. The molecule has 2 N–H and O–H groups in total. The van der Waals surface area contributed by atoms with Crippen molar-refractivity contribution in [1.82, 2.24) is 5.32 Å². The largest absolute Gasteiger partial charge is 0.478 e. The summed E-state index contributed by atoms with van der Waals surface area (Å²) < 4.78 is 5.32. The average Bonchev–Trinajstić information content (AvgIpc) is 2.46. The number of carboxylic acid groups (broad SMARTS) is 1. The SMILES string of the molecule is O=C(O)C=Cc1cccc(C(=O)NC2CCCOC2)c1. The van der Waals surface area contributed by atoms with Gasteiger partial charge in [0.15, 0.2) is 0 Å². The van der Waals surface area contributed by atoms with Gasteiger partial charge in [-0.1, -0.05) is 12.1 Å². The molecule has 1 aromatic carbocycles. The van der Waals surface area contributed by atoms with Gasteiger partial charge in [-0.05, 0) is 36.6 Å². The molecule has 0 radical (unpaired) electrons. The molecule has 0 aromatic heterocycles. The molecule has 1 aromatic rings. The molecule has 106 valence electrons. The molecule has 1 aliphatic heterocycles. The summed E-state index contributed by atoms with van der Waals surface area (Å²) in [6.45, 7) is 1.30. The van der Waals surface area contributed by atoms with E-state index >= 15 is 0 Å². The summed E-state index contributed by atoms with van der Waals surface area (Å²) in [5.74, 6) is -1.18. The summed E-state index contributed by atoms with van der Waals surface area (Å²) in [4.78, 5) is 22.6. The van der Waals surface area contributed by atoms with E-state index in [1.165, 1.54) is 6.08 Å². The maximum atomic E-state index is 12.1. The van der Waals surface area contributed by atoms with Gasteiger partial charge in [-0.3, -0.25) is 4.79 Å². The van der Waals surface area contributed by atoms with Crippen molar-refractivity contribution in [2.24, 2.45) is 0 Å². The van der Waals surface area contributed by atoms with Gasteiger partial charge in [0.05, 0.1) is 12.6 Å². The van der Waals surface area contributed by atoms with E-state index in [0.717, 1.165) is 25.5 Å². The number of carbonyl (C=O) groups excluding carboxylic acids is 1. The normalized spacial score (nSPS) is 18.9. The van der Waals surface area contributed by atoms with E-state index in [0.29, 0.717) is 17.7 Å². The van der Waals surface area contributed by atoms with Gasteiger partial charge in [0.2, 0.25) is 0 Å². The van der Waals surface area contributed by atoms with Crippen LogP contribution in [0.25, 0.3) is 6.08 Å². The highest BCUT2D eigenvalue weighted by Gasteiger charge is 2.16. The van der Waals surface area contributed by atoms with E-state index in [4.69, 9.17) is 9.84 Å². The molecular formula is C15H17NO4. The summed E-state index contributed by atoms with van der Waals surface area (Å²) >= 11 is 0. The Morgan fingerprint density at radius 3 is 2.95 bits per heavy atom. The Kier molecular flexibility index (Phi) is 4.90. The minimum absolute atomic E-state index is 0.0504. The van der Waals surface area contributed by atoms with Crippen LogP contribution in [0.4, 0.5) is 0 Å². The van der Waals surface area contributed by atoms with E-state index in [-0.39, 0.29) is 11.9 Å². The Labute approximate surface area is 117 Å². The van der Waals surface area contributed by atoms with Crippen molar-refractivity contribution >= 4 is 18.0 Å². The van der Waals surface area contributed by atoms with Crippen molar-refractivity contribution in [3.05, 3.63) is 41.5 Å². The molecule has 1 fully saturated rings. The second-order valence-corrected chi connectivity index (χ2v) is 4.68. The Hall–Kier alpha value is -2.14. The van der Waals surface area contributed by atoms with Crippen LogP contribution in [0, 0.1) is 0 Å². The van der Waals surface area contributed by atoms with Crippen LogP contribution in [0.1, 0.15) is 28.8 Å². The first-order valence-electron chi connectivity index (χ1n) is 6.55. The number of carbonyl (C=O) groups is 2. The highest BCUT2D eigenvalue weighted by molar-refractivity contribution is 5.95. The van der Waals surface area contributed by atoms with Crippen LogP contribution in [0.15, 0.2) is 30.3 Å². The number of ether oxygens (including phenoxy) is 1. The fourth-order valence-corrected chi connectivity index (χ4v) is 2.07. The second kappa shape index (κ2) is 6.86. The predicted molar refractivity (Wildman–Crippen MR) is 74.4 cm³/mol. The van der Waals surface area contributed by atoms with Crippen LogP contribution >= 0.6 is 0 Å². The number of hydrogen-bond donors (Lipinski definition) is 2. The van der Waals surface area contributed by atoms with E-state index in [2.05, 4.69) is 5.32 Å². The third-order valence-electron chi connectivity index (χ3n) is 3.06. The molecule has 1 saturated heterocycles. The summed E-state index contributed by atoms with van der Waals surface area (Å²) in [6.07, 6.45) is 4.38. The Morgan fingerprint density at radius 2 is 2.25 bits per heavy atom. The lowest BCUT2D eigenvalue weighted by Crippen LogP contribution is -2.40. The van der Waals surface area contributed by atoms with Gasteiger partial charge in [0.25, 0.3) is 5.91 Å². The first-order chi connectivity index (χ1) is 9.65. The number of aliphatic carboxylic acids is 1. The molecule has 1 atom stereocenters. The summed E-state index contributed by atoms with van der Waals surface area (Å²) in [7, 11) is 0. The molecule has 2 rings (SSSR count). The van der Waals surface area contributed by atoms with Gasteiger partial charge in [0, 0.05) is 18.2 Å². The van der Waals surface area contributed by atoms with Crippen molar-refractivity contribution in [2.75, 3.05) is 13.2 Å². The van der Waals surface area contributed by atoms with Gasteiger partial charge < -0.3 is 15.2 Å². The molecule has 0 aliphatic carbocycles. The zero-order valence-corrected chi connectivity index (χ0v) is 11.0. The minimum atomic E-state index is -1.01. The van der Waals surface area contributed by atoms with Crippen LogP contribution in [-0.2, 0) is 9.53 Å². The zero-order valence-electron chi connectivity index (χ0n) is 11.0. The van der Waals surface area contributed by atoms with E-state index in [9.17, 15) is 9.59 Å². The molecule has 0 spiro atoms. The van der Waals surface area contributed by atoms with Crippen molar-refractivity contribution < 1.29 is 19.4 Å². The maximum absolute atomic E-state index is 12.1. The predicted octanol–water partition coefficient (Wildman–Crippen LogP) is 1.69. The molecule has 5 nitrogen and oxygen atoms in total. The standard InChI is InChI=1S/C15H17NO4/c17-14(18)7-6-11-3-1-4-12(9-11)15(19)16-13-5-2-8-20-10-13/h1,3-4,6-7,9,13H,2,5,8,10H2,(H,16,19)(H,17,18). The van der Waals surface area contributed by atoms with Crippen LogP contribution in [0.3, 0.4) is 0 Å².